The van der Waals surface area contributed by atoms with Crippen LogP contribution in [0.3, 0.4) is 0 Å². The van der Waals surface area contributed by atoms with E-state index < -0.39 is 12.0 Å². The van der Waals surface area contributed by atoms with Crippen molar-refractivity contribution >= 4 is 22.9 Å². The van der Waals surface area contributed by atoms with Crippen LogP contribution in [0.5, 0.6) is 5.75 Å². The van der Waals surface area contributed by atoms with E-state index >= 15 is 0 Å². The topological polar surface area (TPSA) is 101 Å². The van der Waals surface area contributed by atoms with Crippen molar-refractivity contribution in [2.75, 3.05) is 13.7 Å². The Bertz CT molecular complexity index is 881. The highest BCUT2D eigenvalue weighted by atomic mass is 32.2. The lowest BCUT2D eigenvalue weighted by atomic mass is 9.94. The van der Waals surface area contributed by atoms with Crippen molar-refractivity contribution in [1.82, 2.24) is 4.90 Å². The molecule has 3 rings (SSSR count). The number of thioether (sulfide) groups is 1. The van der Waals surface area contributed by atoms with E-state index in [1.54, 1.807) is 25.9 Å². The first-order valence-corrected chi connectivity index (χ1v) is 8.80. The van der Waals surface area contributed by atoms with Crippen LogP contribution in [0, 0.1) is 11.3 Å². The zero-order valence-corrected chi connectivity index (χ0v) is 15.5. The number of fused-ring (bicyclic) bond motifs is 1. The van der Waals surface area contributed by atoms with Gasteiger partial charge in [0, 0.05) is 0 Å². The number of rotatable bonds is 4. The summed E-state index contributed by atoms with van der Waals surface area (Å²) >= 11 is 1.20. The number of esters is 1. The van der Waals surface area contributed by atoms with Crippen molar-refractivity contribution in [3.8, 4) is 11.8 Å². The number of carbonyl (C=O) groups is 1. The summed E-state index contributed by atoms with van der Waals surface area (Å²) in [6.07, 6.45) is 0. The molecule has 0 saturated heterocycles. The standard InChI is InChI=1S/C18H18N4O3S/c1-4-25-17(23)14-10(2)21-18-22(16(20)13(9-19)26-18)15(14)11-5-7-12(24-3)8-6-11/h5-8,15H,4,20H2,1-3H3/t15-/m1/s1. The highest BCUT2D eigenvalue weighted by molar-refractivity contribution is 8.17. The average molecular weight is 370 g/mol. The van der Waals surface area contributed by atoms with Gasteiger partial charge in [0.2, 0.25) is 0 Å². The Hall–Kier alpha value is -2.92. The first kappa shape index (κ1) is 17.9. The zero-order chi connectivity index (χ0) is 18.8. The van der Waals surface area contributed by atoms with Gasteiger partial charge in [-0.15, -0.1) is 0 Å². The molecule has 134 valence electrons. The molecule has 0 unspecified atom stereocenters. The van der Waals surface area contributed by atoms with Gasteiger partial charge in [-0.3, -0.25) is 4.90 Å². The van der Waals surface area contributed by atoms with Crippen LogP contribution in [0.4, 0.5) is 0 Å². The Morgan fingerprint density at radius 2 is 2.12 bits per heavy atom. The van der Waals surface area contributed by atoms with Crippen molar-refractivity contribution in [3.63, 3.8) is 0 Å². The third-order valence-corrected chi connectivity index (χ3v) is 5.08. The molecule has 0 spiro atoms. The van der Waals surface area contributed by atoms with E-state index in [-0.39, 0.29) is 12.4 Å². The molecule has 0 radical (unpaired) electrons. The summed E-state index contributed by atoms with van der Waals surface area (Å²) in [5, 5.41) is 9.90. The van der Waals surface area contributed by atoms with E-state index in [4.69, 9.17) is 15.2 Å². The van der Waals surface area contributed by atoms with Crippen molar-refractivity contribution in [1.29, 1.82) is 5.26 Å². The number of hydrogen-bond acceptors (Lipinski definition) is 8. The molecular weight excluding hydrogens is 352 g/mol. The van der Waals surface area contributed by atoms with Gasteiger partial charge in [0.25, 0.3) is 0 Å². The molecule has 0 bridgehead atoms. The molecule has 26 heavy (non-hydrogen) atoms. The molecule has 2 N–H and O–H groups in total. The fourth-order valence-electron chi connectivity index (χ4n) is 2.91. The third-order valence-electron chi connectivity index (χ3n) is 4.10. The number of methoxy groups -OCH3 is 1. The number of ether oxygens (including phenoxy) is 2. The number of amidine groups is 1. The van der Waals surface area contributed by atoms with Crippen LogP contribution >= 0.6 is 11.8 Å². The molecule has 0 fully saturated rings. The predicted molar refractivity (Wildman–Crippen MR) is 98.8 cm³/mol. The van der Waals surface area contributed by atoms with Crippen LogP contribution in [0.2, 0.25) is 0 Å². The van der Waals surface area contributed by atoms with Gasteiger partial charge in [-0.05, 0) is 43.3 Å². The van der Waals surface area contributed by atoms with Crippen LogP contribution in [-0.2, 0) is 9.53 Å². The predicted octanol–water partition coefficient (Wildman–Crippen LogP) is 2.64. The average Bonchev–Trinajstić information content (AvgIpc) is 2.96. The largest absolute Gasteiger partial charge is 0.497 e. The van der Waals surface area contributed by atoms with Gasteiger partial charge in [0.1, 0.15) is 22.5 Å². The van der Waals surface area contributed by atoms with Crippen molar-refractivity contribution in [2.24, 2.45) is 10.7 Å². The molecule has 0 aliphatic carbocycles. The van der Waals surface area contributed by atoms with Gasteiger partial charge in [0.05, 0.1) is 31.0 Å². The molecular formula is C18H18N4O3S. The monoisotopic (exact) mass is 370 g/mol. The van der Waals surface area contributed by atoms with E-state index in [1.165, 1.54) is 11.8 Å². The van der Waals surface area contributed by atoms with Gasteiger partial charge in [0.15, 0.2) is 5.17 Å². The Morgan fingerprint density at radius 1 is 1.42 bits per heavy atom. The molecule has 1 aromatic rings. The first-order chi connectivity index (χ1) is 12.5. The van der Waals surface area contributed by atoms with E-state index in [0.29, 0.717) is 27.1 Å². The van der Waals surface area contributed by atoms with Crippen molar-refractivity contribution in [2.45, 2.75) is 19.9 Å². The summed E-state index contributed by atoms with van der Waals surface area (Å²) in [5.74, 6) is 0.539. The molecule has 2 aliphatic heterocycles. The smallest absolute Gasteiger partial charge is 0.338 e. The molecule has 0 amide bonds. The quantitative estimate of drug-likeness (QED) is 0.813. The lowest BCUT2D eigenvalue weighted by Crippen LogP contribution is -2.38. The normalized spacial score (nSPS) is 19.1. The molecule has 0 saturated carbocycles. The molecule has 1 atom stereocenters. The highest BCUT2D eigenvalue weighted by Crippen LogP contribution is 2.45. The van der Waals surface area contributed by atoms with Crippen LogP contribution in [0.25, 0.3) is 0 Å². The number of aliphatic imine (C=N–C) groups is 1. The Labute approximate surface area is 155 Å². The Kier molecular flexibility index (Phi) is 4.91. The summed E-state index contributed by atoms with van der Waals surface area (Å²) in [4.78, 5) is 19.2. The fourth-order valence-corrected chi connectivity index (χ4v) is 3.83. The van der Waals surface area contributed by atoms with E-state index in [9.17, 15) is 10.1 Å². The van der Waals surface area contributed by atoms with Crippen LogP contribution in [-0.4, -0.2) is 29.8 Å². The summed E-state index contributed by atoms with van der Waals surface area (Å²) in [7, 11) is 1.59. The first-order valence-electron chi connectivity index (χ1n) is 7.99. The number of nitrogens with two attached hydrogens (primary N) is 1. The van der Waals surface area contributed by atoms with Crippen LogP contribution in [0.1, 0.15) is 25.5 Å². The molecule has 7 nitrogen and oxygen atoms in total. The minimum absolute atomic E-state index is 0.255. The van der Waals surface area contributed by atoms with Gasteiger partial charge in [-0.1, -0.05) is 12.1 Å². The number of benzene rings is 1. The van der Waals surface area contributed by atoms with E-state index in [1.807, 2.05) is 24.3 Å². The maximum atomic E-state index is 12.6. The molecule has 2 heterocycles. The van der Waals surface area contributed by atoms with E-state index in [2.05, 4.69) is 11.1 Å². The highest BCUT2D eigenvalue weighted by Gasteiger charge is 2.42. The second-order valence-electron chi connectivity index (χ2n) is 5.59. The fraction of sp³-hybridized carbons (Fsp3) is 0.278. The van der Waals surface area contributed by atoms with Crippen molar-refractivity contribution in [3.05, 3.63) is 51.8 Å². The third kappa shape index (κ3) is 2.91. The molecule has 8 heteroatoms. The zero-order valence-electron chi connectivity index (χ0n) is 14.6. The maximum Gasteiger partial charge on any atom is 0.338 e. The summed E-state index contributed by atoms with van der Waals surface area (Å²) in [6, 6.07) is 8.91. The lowest BCUT2D eigenvalue weighted by molar-refractivity contribution is -0.139. The number of nitrogens with zero attached hydrogens (tertiary/aromatic N) is 3. The van der Waals surface area contributed by atoms with Crippen molar-refractivity contribution < 1.29 is 14.3 Å². The van der Waals surface area contributed by atoms with Gasteiger partial charge < -0.3 is 15.2 Å². The summed E-state index contributed by atoms with van der Waals surface area (Å²) in [5.41, 5.74) is 7.97. The summed E-state index contributed by atoms with van der Waals surface area (Å²) in [6.45, 7) is 3.76. The van der Waals surface area contributed by atoms with Crippen LogP contribution < -0.4 is 10.5 Å². The molecule has 2 aliphatic rings. The van der Waals surface area contributed by atoms with Gasteiger partial charge in [-0.25, -0.2) is 9.79 Å². The minimum Gasteiger partial charge on any atom is -0.497 e. The minimum atomic E-state index is -0.522. The number of nitriles is 1. The number of hydrogen-bond donors (Lipinski definition) is 1. The summed E-state index contributed by atoms with van der Waals surface area (Å²) < 4.78 is 10.4. The van der Waals surface area contributed by atoms with Crippen LogP contribution in [0.15, 0.2) is 51.3 Å². The second kappa shape index (κ2) is 7.14. The van der Waals surface area contributed by atoms with E-state index in [0.717, 1.165) is 5.56 Å². The number of allylic oxidation sites excluding steroid dienone is 2. The SMILES string of the molecule is CCOC(=O)C1=C(C)N=C2SC(C#N)=C(N)N2[C@@H]1c1ccc(OC)cc1. The number of carbonyl (C=O) groups excluding carboxylic acids is 1. The van der Waals surface area contributed by atoms with Gasteiger partial charge >= 0.3 is 5.97 Å². The molecule has 1 aromatic carbocycles. The Balaban J connectivity index is 2.15. The Morgan fingerprint density at radius 3 is 2.69 bits per heavy atom. The maximum absolute atomic E-state index is 12.6. The second-order valence-corrected chi connectivity index (χ2v) is 6.57. The molecule has 0 aromatic heterocycles. The lowest BCUT2D eigenvalue weighted by Gasteiger charge is -2.34. The van der Waals surface area contributed by atoms with Gasteiger partial charge in [-0.2, -0.15) is 5.26 Å².